The van der Waals surface area contributed by atoms with Gasteiger partial charge in [0.15, 0.2) is 0 Å². The van der Waals surface area contributed by atoms with E-state index in [0.717, 1.165) is 3.57 Å². The zero-order valence-electron chi connectivity index (χ0n) is 13.7. The number of halogens is 3. The number of phenolic OH excluding ortho intramolecular Hbond substituents is 1. The van der Waals surface area contributed by atoms with E-state index in [1.54, 1.807) is 18.2 Å². The summed E-state index contributed by atoms with van der Waals surface area (Å²) >= 11 is 6.13. The summed E-state index contributed by atoms with van der Waals surface area (Å²) < 4.78 is 2.18. The average Bonchev–Trinajstić information content (AvgIpc) is 2.67. The van der Waals surface area contributed by atoms with Crippen LogP contribution in [0.25, 0.3) is 10.8 Å². The number of amides is 2. The fourth-order valence-electron chi connectivity index (χ4n) is 2.98. The summed E-state index contributed by atoms with van der Waals surface area (Å²) in [5.41, 5.74) is 0.661. The van der Waals surface area contributed by atoms with Gasteiger partial charge >= 0.3 is 5.97 Å². The summed E-state index contributed by atoms with van der Waals surface area (Å²) in [5, 5.41) is 11.3. The number of aromatic hydroxyl groups is 1. The highest BCUT2D eigenvalue weighted by molar-refractivity contribution is 14.1. The first-order valence-electron chi connectivity index (χ1n) is 7.80. The second kappa shape index (κ2) is 7.40. The van der Waals surface area contributed by atoms with Crippen molar-refractivity contribution in [1.82, 2.24) is 5.06 Å². The molecule has 140 valence electrons. The van der Waals surface area contributed by atoms with E-state index in [1.807, 2.05) is 51.2 Å². The van der Waals surface area contributed by atoms with Crippen molar-refractivity contribution in [2.24, 2.45) is 0 Å². The van der Waals surface area contributed by atoms with Gasteiger partial charge in [-0.05, 0) is 98.1 Å². The minimum absolute atomic E-state index is 0.0328. The molecule has 0 aliphatic carbocycles. The normalized spacial score (nSPS) is 13.2. The number of carbonyl (C=O) groups is 3. The lowest BCUT2D eigenvalue weighted by atomic mass is 9.94. The van der Waals surface area contributed by atoms with Crippen molar-refractivity contribution in [3.05, 3.63) is 69.9 Å². The molecule has 28 heavy (non-hydrogen) atoms. The quantitative estimate of drug-likeness (QED) is 0.237. The molecule has 1 N–H and O–H groups in total. The summed E-state index contributed by atoms with van der Waals surface area (Å²) in [6.45, 7) is 0. The number of hydrogen-bond donors (Lipinski definition) is 1. The molecule has 0 saturated carbocycles. The van der Waals surface area contributed by atoms with Gasteiger partial charge in [0.25, 0.3) is 11.8 Å². The lowest BCUT2D eigenvalue weighted by molar-refractivity contribution is -0.0622. The number of benzene rings is 3. The van der Waals surface area contributed by atoms with Crippen LogP contribution in [0.3, 0.4) is 0 Å². The molecule has 1 heterocycles. The van der Waals surface area contributed by atoms with E-state index < -0.39 is 17.8 Å². The lowest BCUT2D eigenvalue weighted by Gasteiger charge is -2.25. The van der Waals surface area contributed by atoms with Gasteiger partial charge in [0.2, 0.25) is 0 Å². The summed E-state index contributed by atoms with van der Waals surface area (Å²) in [5.74, 6) is -2.33. The molecule has 0 radical (unpaired) electrons. The number of hydroxylamine groups is 2. The van der Waals surface area contributed by atoms with Gasteiger partial charge in [-0.25, -0.2) is 4.79 Å². The maximum atomic E-state index is 12.9. The van der Waals surface area contributed by atoms with Crippen molar-refractivity contribution >= 4 is 96.3 Å². The van der Waals surface area contributed by atoms with Crippen LogP contribution in [0.2, 0.25) is 0 Å². The fraction of sp³-hybridized carbons (Fsp3) is 0. The molecule has 3 aromatic rings. The third-order valence-corrected chi connectivity index (χ3v) is 8.22. The first-order valence-corrected chi connectivity index (χ1v) is 11.0. The number of imide groups is 1. The van der Waals surface area contributed by atoms with Crippen molar-refractivity contribution in [1.29, 1.82) is 0 Å². The second-order valence-corrected chi connectivity index (χ2v) is 9.27. The van der Waals surface area contributed by atoms with Crippen molar-refractivity contribution in [2.45, 2.75) is 0 Å². The van der Waals surface area contributed by atoms with E-state index in [1.165, 1.54) is 18.2 Å². The van der Waals surface area contributed by atoms with Crippen molar-refractivity contribution in [3.8, 4) is 5.75 Å². The Morgan fingerprint density at radius 3 is 2.25 bits per heavy atom. The van der Waals surface area contributed by atoms with E-state index >= 15 is 0 Å². The van der Waals surface area contributed by atoms with Gasteiger partial charge in [0.1, 0.15) is 5.75 Å². The van der Waals surface area contributed by atoms with Crippen LogP contribution in [-0.4, -0.2) is 28.0 Å². The van der Waals surface area contributed by atoms with Crippen LogP contribution in [0.1, 0.15) is 31.1 Å². The van der Waals surface area contributed by atoms with Crippen LogP contribution in [-0.2, 0) is 4.84 Å². The molecule has 6 nitrogen and oxygen atoms in total. The van der Waals surface area contributed by atoms with Gasteiger partial charge in [-0.3, -0.25) is 9.59 Å². The van der Waals surface area contributed by atoms with Crippen LogP contribution >= 0.6 is 67.8 Å². The number of rotatable bonds is 2. The topological polar surface area (TPSA) is 83.9 Å². The molecule has 0 spiro atoms. The summed E-state index contributed by atoms with van der Waals surface area (Å²) in [7, 11) is 0. The molecule has 9 heteroatoms. The van der Waals surface area contributed by atoms with Gasteiger partial charge in [0.05, 0.1) is 16.7 Å². The maximum Gasteiger partial charge on any atom is 0.366 e. The Kier molecular flexibility index (Phi) is 5.24. The van der Waals surface area contributed by atoms with Crippen LogP contribution in [0.4, 0.5) is 0 Å². The molecule has 2 amide bonds. The van der Waals surface area contributed by atoms with Gasteiger partial charge < -0.3 is 9.94 Å². The van der Waals surface area contributed by atoms with Crippen LogP contribution < -0.4 is 0 Å². The summed E-state index contributed by atoms with van der Waals surface area (Å²) in [6, 6.07) is 11.2. The molecule has 0 saturated heterocycles. The molecule has 0 aromatic heterocycles. The third-order valence-electron chi connectivity index (χ3n) is 4.27. The predicted octanol–water partition coefficient (Wildman–Crippen LogP) is 4.73. The second-order valence-electron chi connectivity index (χ2n) is 5.86. The molecule has 0 bridgehead atoms. The number of nitrogens with zero attached hydrogens (tertiary/aromatic N) is 1. The van der Waals surface area contributed by atoms with Gasteiger partial charge in [-0.15, -0.1) is 0 Å². The average molecular weight is 711 g/mol. The Labute approximate surface area is 199 Å². The standard InChI is InChI=1S/C19H8I3NO5/c20-11-5-6-12(21)16(22)15(11)19(27)28-23-17(25)9-3-1-2-8-13(24)7-4-10(14(8)9)18(23)26/h1-7,24H. The molecular formula is C19H8I3NO5. The molecule has 1 aliphatic rings. The SMILES string of the molecule is O=C(ON1C(=O)c2cccc3c(O)ccc(c23)C1=O)c1c(I)ccc(I)c1I. The van der Waals surface area contributed by atoms with Crippen LogP contribution in [0.15, 0.2) is 42.5 Å². The Bertz CT molecular complexity index is 1190. The summed E-state index contributed by atoms with van der Waals surface area (Å²) in [6.07, 6.45) is 0. The first-order chi connectivity index (χ1) is 13.3. The zero-order chi connectivity index (χ0) is 20.2. The van der Waals surface area contributed by atoms with E-state index in [0.29, 0.717) is 28.5 Å². The highest BCUT2D eigenvalue weighted by Crippen LogP contribution is 2.35. The molecule has 3 aromatic carbocycles. The molecular weight excluding hydrogens is 703 g/mol. The number of phenols is 1. The Balaban J connectivity index is 1.78. The Hall–Kier alpha value is -1.48. The fourth-order valence-corrected chi connectivity index (χ4v) is 5.31. The van der Waals surface area contributed by atoms with Gasteiger partial charge in [-0.1, -0.05) is 17.2 Å². The molecule has 0 unspecified atom stereocenters. The lowest BCUT2D eigenvalue weighted by Crippen LogP contribution is -2.42. The number of carbonyl (C=O) groups excluding carboxylic acids is 3. The van der Waals surface area contributed by atoms with E-state index in [9.17, 15) is 19.5 Å². The molecule has 0 fully saturated rings. The van der Waals surface area contributed by atoms with E-state index in [2.05, 4.69) is 22.6 Å². The Morgan fingerprint density at radius 2 is 1.54 bits per heavy atom. The molecule has 4 rings (SSSR count). The van der Waals surface area contributed by atoms with Gasteiger partial charge in [-0.2, -0.15) is 0 Å². The van der Waals surface area contributed by atoms with Gasteiger partial charge in [0, 0.05) is 21.5 Å². The maximum absolute atomic E-state index is 12.9. The highest BCUT2D eigenvalue weighted by atomic mass is 127. The smallest absolute Gasteiger partial charge is 0.366 e. The monoisotopic (exact) mass is 711 g/mol. The van der Waals surface area contributed by atoms with Crippen molar-refractivity contribution in [2.75, 3.05) is 0 Å². The summed E-state index contributed by atoms with van der Waals surface area (Å²) in [4.78, 5) is 43.8. The van der Waals surface area contributed by atoms with Crippen molar-refractivity contribution < 1.29 is 24.3 Å². The predicted molar refractivity (Wildman–Crippen MR) is 126 cm³/mol. The first kappa shape index (κ1) is 19.8. The minimum Gasteiger partial charge on any atom is -0.507 e. The third kappa shape index (κ3) is 3.07. The largest absolute Gasteiger partial charge is 0.507 e. The van der Waals surface area contributed by atoms with Crippen LogP contribution in [0, 0.1) is 10.7 Å². The molecule has 1 aliphatic heterocycles. The van der Waals surface area contributed by atoms with Crippen molar-refractivity contribution in [3.63, 3.8) is 0 Å². The molecule has 0 atom stereocenters. The zero-order valence-corrected chi connectivity index (χ0v) is 20.2. The Morgan fingerprint density at radius 1 is 0.893 bits per heavy atom. The van der Waals surface area contributed by atoms with E-state index in [-0.39, 0.29) is 16.9 Å². The number of hydrogen-bond acceptors (Lipinski definition) is 5. The highest BCUT2D eigenvalue weighted by Gasteiger charge is 2.37. The minimum atomic E-state index is -0.789. The van der Waals surface area contributed by atoms with E-state index in [4.69, 9.17) is 4.84 Å². The van der Waals surface area contributed by atoms with Crippen LogP contribution in [0.5, 0.6) is 5.75 Å².